The maximum atomic E-state index is 15.0. The second-order valence-electron chi connectivity index (χ2n) is 10.2. The number of nitrogens with two attached hydrogens (primary N) is 3. The summed E-state index contributed by atoms with van der Waals surface area (Å²) < 4.78 is 16.5. The van der Waals surface area contributed by atoms with Crippen molar-refractivity contribution in [1.29, 1.82) is 0 Å². The molecule has 0 bridgehead atoms. The molecular formula is C30H41ClFN9O. The zero-order valence-electron chi connectivity index (χ0n) is 24.4. The van der Waals surface area contributed by atoms with Crippen molar-refractivity contribution in [3.63, 3.8) is 0 Å². The van der Waals surface area contributed by atoms with Gasteiger partial charge in [0.2, 0.25) is 0 Å². The van der Waals surface area contributed by atoms with Gasteiger partial charge in [-0.2, -0.15) is 4.98 Å². The highest BCUT2D eigenvalue weighted by Gasteiger charge is 2.15. The van der Waals surface area contributed by atoms with Gasteiger partial charge in [-0.3, -0.25) is 9.56 Å². The summed E-state index contributed by atoms with van der Waals surface area (Å²) in [5.74, 6) is -0.422. The van der Waals surface area contributed by atoms with Crippen LogP contribution in [0.4, 0.5) is 4.39 Å². The minimum atomic E-state index is -0.519. The Morgan fingerprint density at radius 2 is 1.86 bits per heavy atom. The third-order valence-corrected chi connectivity index (χ3v) is 6.64. The molecule has 0 fully saturated rings. The van der Waals surface area contributed by atoms with Crippen LogP contribution in [-0.2, 0) is 13.0 Å². The van der Waals surface area contributed by atoms with Crippen LogP contribution in [-0.4, -0.2) is 53.7 Å². The molecule has 2 heterocycles. The van der Waals surface area contributed by atoms with Crippen molar-refractivity contribution in [2.45, 2.75) is 45.2 Å². The van der Waals surface area contributed by atoms with Gasteiger partial charge in [0.25, 0.3) is 0 Å². The number of hydrogen-bond donors (Lipinski definition) is 6. The summed E-state index contributed by atoms with van der Waals surface area (Å²) in [7, 11) is 3.75. The first-order valence-corrected chi connectivity index (χ1v) is 14.3. The third kappa shape index (κ3) is 9.38. The van der Waals surface area contributed by atoms with Gasteiger partial charge in [0, 0.05) is 36.3 Å². The van der Waals surface area contributed by atoms with Crippen LogP contribution in [0.5, 0.6) is 0 Å². The van der Waals surface area contributed by atoms with Crippen LogP contribution >= 0.6 is 11.6 Å². The van der Waals surface area contributed by atoms with Crippen molar-refractivity contribution in [3.8, 4) is 16.9 Å². The topological polar surface area (TPSA) is 165 Å². The summed E-state index contributed by atoms with van der Waals surface area (Å²) in [6, 6.07) is 12.9. The fourth-order valence-corrected chi connectivity index (χ4v) is 4.60. The van der Waals surface area contributed by atoms with Gasteiger partial charge in [-0.1, -0.05) is 23.7 Å². The molecule has 10 nitrogen and oxygen atoms in total. The molecule has 0 aliphatic carbocycles. The van der Waals surface area contributed by atoms with Gasteiger partial charge in [0.05, 0.1) is 16.4 Å². The fourth-order valence-electron chi connectivity index (χ4n) is 4.36. The normalized spacial score (nSPS) is 11.7. The molecule has 2 aromatic carbocycles. The molecule has 12 heteroatoms. The Hall–Kier alpha value is -3.77. The lowest BCUT2D eigenvalue weighted by Crippen LogP contribution is -2.23. The predicted octanol–water partition coefficient (Wildman–Crippen LogP) is 3.43. The lowest BCUT2D eigenvalue weighted by molar-refractivity contribution is 0.618. The first kappa shape index (κ1) is 32.7. The Bertz CT molecular complexity index is 1530. The molecule has 0 aliphatic heterocycles. The lowest BCUT2D eigenvalue weighted by atomic mass is 10.0. The molecule has 4 aromatic rings. The van der Waals surface area contributed by atoms with Crippen LogP contribution in [0, 0.1) is 5.82 Å². The molecule has 4 rings (SSSR count). The molecular weight excluding hydrogens is 557 g/mol. The standard InChI is InChI=1S/C28H34ClFN8O.C2H7N/c1-17(31)4-2-5-19-12-22(25(30)23(29)13-19)24-14-20-16-38(28(39)37-26(20)36-24)21-8-6-18(7-9-21)15-34-10-3-11-35-27(32)33;1-3-2/h6-9,12-14,16-17,34H,2-5,10-11,15,31H2,1H3,(H4,32,33,35)(H,36,37,39);3H,1-2H3. The fraction of sp³-hybridized carbons (Fsp3) is 0.367. The van der Waals surface area contributed by atoms with Crippen LogP contribution in [0.25, 0.3) is 28.0 Å². The molecule has 1 atom stereocenters. The average Bonchev–Trinajstić information content (AvgIpc) is 3.35. The number of guanidine groups is 1. The third-order valence-electron chi connectivity index (χ3n) is 6.36. The molecule has 0 radical (unpaired) electrons. The van der Waals surface area contributed by atoms with E-state index < -0.39 is 11.5 Å². The number of hydrogen-bond acceptors (Lipinski definition) is 6. The lowest BCUT2D eigenvalue weighted by Gasteiger charge is -2.09. The Morgan fingerprint density at radius 3 is 2.52 bits per heavy atom. The first-order chi connectivity index (χ1) is 20.1. The number of rotatable bonds is 12. The first-order valence-electron chi connectivity index (χ1n) is 13.9. The van der Waals surface area contributed by atoms with E-state index in [0.717, 1.165) is 43.4 Å². The highest BCUT2D eigenvalue weighted by molar-refractivity contribution is 6.31. The maximum Gasteiger partial charge on any atom is 0.354 e. The Balaban J connectivity index is 0.00000155. The van der Waals surface area contributed by atoms with Crippen molar-refractivity contribution in [3.05, 3.63) is 81.1 Å². The minimum Gasteiger partial charge on any atom is -0.370 e. The molecule has 9 N–H and O–H groups in total. The van der Waals surface area contributed by atoms with Gasteiger partial charge in [-0.15, -0.1) is 0 Å². The number of benzene rings is 2. The van der Waals surface area contributed by atoms with E-state index in [0.29, 0.717) is 41.1 Å². The van der Waals surface area contributed by atoms with Gasteiger partial charge in [0.15, 0.2) is 11.8 Å². The maximum absolute atomic E-state index is 15.0. The number of aliphatic imine (C=N–C) groups is 1. The number of halogens is 2. The monoisotopic (exact) mass is 597 g/mol. The minimum absolute atomic E-state index is 0.0535. The van der Waals surface area contributed by atoms with Gasteiger partial charge >= 0.3 is 5.69 Å². The summed E-state index contributed by atoms with van der Waals surface area (Å²) >= 11 is 6.22. The molecule has 0 saturated heterocycles. The summed E-state index contributed by atoms with van der Waals surface area (Å²) in [5, 5.41) is 6.81. The van der Waals surface area contributed by atoms with Gasteiger partial charge in [-0.05, 0) is 94.7 Å². The van der Waals surface area contributed by atoms with E-state index in [1.807, 2.05) is 45.3 Å². The van der Waals surface area contributed by atoms with E-state index in [4.69, 9.17) is 28.8 Å². The van der Waals surface area contributed by atoms with Crippen molar-refractivity contribution >= 4 is 28.6 Å². The van der Waals surface area contributed by atoms with Crippen LogP contribution < -0.4 is 33.5 Å². The molecule has 0 saturated carbocycles. The molecule has 0 amide bonds. The summed E-state index contributed by atoms with van der Waals surface area (Å²) in [5.41, 5.74) is 19.9. The average molecular weight is 598 g/mol. The van der Waals surface area contributed by atoms with Gasteiger partial charge in [0.1, 0.15) is 5.65 Å². The number of aromatic amines is 1. The van der Waals surface area contributed by atoms with Gasteiger partial charge in [-0.25, -0.2) is 9.18 Å². The molecule has 2 aromatic heterocycles. The molecule has 42 heavy (non-hydrogen) atoms. The second-order valence-corrected chi connectivity index (χ2v) is 10.6. The Morgan fingerprint density at radius 1 is 1.14 bits per heavy atom. The Kier molecular flexibility index (Phi) is 12.5. The summed E-state index contributed by atoms with van der Waals surface area (Å²) in [6.07, 6.45) is 5.00. The van der Waals surface area contributed by atoms with E-state index in [1.54, 1.807) is 24.4 Å². The van der Waals surface area contributed by atoms with E-state index in [1.165, 1.54) is 4.57 Å². The van der Waals surface area contributed by atoms with Crippen molar-refractivity contribution in [2.24, 2.45) is 22.2 Å². The molecule has 0 aliphatic rings. The second kappa shape index (κ2) is 16.0. The van der Waals surface area contributed by atoms with Crippen LogP contribution in [0.15, 0.2) is 58.4 Å². The summed E-state index contributed by atoms with van der Waals surface area (Å²) in [6.45, 7) is 3.99. The van der Waals surface area contributed by atoms with E-state index in [2.05, 4.69) is 25.6 Å². The van der Waals surface area contributed by atoms with Crippen LogP contribution in [0.3, 0.4) is 0 Å². The van der Waals surface area contributed by atoms with Crippen LogP contribution in [0.1, 0.15) is 37.3 Å². The van der Waals surface area contributed by atoms with Crippen molar-refractivity contribution < 1.29 is 4.39 Å². The zero-order chi connectivity index (χ0) is 30.6. The number of fused-ring (bicyclic) bond motifs is 1. The number of nitrogens with one attached hydrogen (secondary N) is 3. The van der Waals surface area contributed by atoms with E-state index in [-0.39, 0.29) is 17.0 Å². The highest BCUT2D eigenvalue weighted by atomic mass is 35.5. The Labute approximate surface area is 250 Å². The van der Waals surface area contributed by atoms with Crippen molar-refractivity contribution in [2.75, 3.05) is 27.2 Å². The number of nitrogens with zero attached hydrogens (tertiary/aromatic N) is 3. The quantitative estimate of drug-likeness (QED) is 0.0827. The highest BCUT2D eigenvalue weighted by Crippen LogP contribution is 2.31. The molecule has 0 spiro atoms. The molecule has 226 valence electrons. The molecule has 1 unspecified atom stereocenters. The summed E-state index contributed by atoms with van der Waals surface area (Å²) in [4.78, 5) is 24.0. The van der Waals surface area contributed by atoms with E-state index in [9.17, 15) is 4.79 Å². The number of aromatic nitrogens is 3. The van der Waals surface area contributed by atoms with Gasteiger partial charge < -0.3 is 32.8 Å². The number of aryl methyl sites for hydroxylation is 1. The predicted molar refractivity (Wildman–Crippen MR) is 171 cm³/mol. The van der Waals surface area contributed by atoms with Crippen molar-refractivity contribution in [1.82, 2.24) is 25.2 Å². The SMILES string of the molecule is CC(N)CCCc1cc(Cl)c(F)c(-c2cc3cn(-c4ccc(CNCCCN=C(N)N)cc4)c(=O)nc3[nH]2)c1.CNC. The number of H-pyrrole nitrogens is 1. The van der Waals surface area contributed by atoms with Crippen LogP contribution in [0.2, 0.25) is 5.02 Å². The largest absolute Gasteiger partial charge is 0.370 e. The zero-order valence-corrected chi connectivity index (χ0v) is 25.1. The smallest absolute Gasteiger partial charge is 0.354 e. The van der Waals surface area contributed by atoms with E-state index >= 15 is 4.39 Å².